The molecule has 0 spiro atoms. The molecule has 1 aliphatic carbocycles. The molecule has 0 fully saturated rings. The first-order valence-electron chi connectivity index (χ1n) is 10.5. The van der Waals surface area contributed by atoms with Gasteiger partial charge < -0.3 is 5.32 Å². The SMILES string of the molecule is Cc1ccc(C(Nc2ccccc2)=C2C(=O)C(c3ccccc3)c3ccccc32)cc1. The number of benzene rings is 4. The second-order valence-corrected chi connectivity index (χ2v) is 7.90. The highest BCUT2D eigenvalue weighted by atomic mass is 16.1. The first-order valence-corrected chi connectivity index (χ1v) is 10.5. The van der Waals surface area contributed by atoms with Gasteiger partial charge >= 0.3 is 0 Å². The van der Waals surface area contributed by atoms with Crippen molar-refractivity contribution in [2.75, 3.05) is 5.32 Å². The van der Waals surface area contributed by atoms with Gasteiger partial charge in [0.2, 0.25) is 0 Å². The Hall–Kier alpha value is -3.91. The van der Waals surface area contributed by atoms with Crippen LogP contribution < -0.4 is 5.32 Å². The predicted molar refractivity (Wildman–Crippen MR) is 128 cm³/mol. The van der Waals surface area contributed by atoms with E-state index in [1.807, 2.05) is 72.8 Å². The van der Waals surface area contributed by atoms with Gasteiger partial charge in [0.1, 0.15) is 0 Å². The van der Waals surface area contributed by atoms with Crippen molar-refractivity contribution in [2.24, 2.45) is 0 Å². The predicted octanol–water partition coefficient (Wildman–Crippen LogP) is 6.69. The summed E-state index contributed by atoms with van der Waals surface area (Å²) in [6, 6.07) is 36.6. The minimum absolute atomic E-state index is 0.131. The molecule has 1 N–H and O–H groups in total. The Labute approximate surface area is 182 Å². The first kappa shape index (κ1) is 19.1. The number of carbonyl (C=O) groups excluding carboxylic acids is 1. The fourth-order valence-electron chi connectivity index (χ4n) is 4.29. The molecule has 1 aliphatic rings. The van der Waals surface area contributed by atoms with E-state index >= 15 is 0 Å². The summed E-state index contributed by atoms with van der Waals surface area (Å²) in [7, 11) is 0. The molecule has 5 rings (SSSR count). The van der Waals surface area contributed by atoms with E-state index in [9.17, 15) is 4.79 Å². The molecule has 4 aromatic rings. The van der Waals surface area contributed by atoms with Crippen molar-refractivity contribution < 1.29 is 4.79 Å². The van der Waals surface area contributed by atoms with Crippen LogP contribution in [0, 0.1) is 6.92 Å². The second kappa shape index (κ2) is 8.08. The molecule has 4 aromatic carbocycles. The Bertz CT molecular complexity index is 1260. The standard InChI is InChI=1S/C29H23NO/c1-20-16-18-22(19-17-20)28(30-23-12-6-3-7-13-23)27-25-15-9-8-14-24(25)26(29(27)31)21-10-4-2-5-11-21/h2-19,26,30H,1H3. The van der Waals surface area contributed by atoms with E-state index in [1.54, 1.807) is 0 Å². The van der Waals surface area contributed by atoms with Gasteiger partial charge in [0, 0.05) is 5.69 Å². The Morgan fingerprint density at radius 1 is 0.710 bits per heavy atom. The molecule has 150 valence electrons. The molecule has 0 bridgehead atoms. The first-order chi connectivity index (χ1) is 15.2. The van der Waals surface area contributed by atoms with E-state index in [-0.39, 0.29) is 11.7 Å². The molecule has 2 heteroatoms. The Morgan fingerprint density at radius 2 is 1.32 bits per heavy atom. The zero-order valence-electron chi connectivity index (χ0n) is 17.4. The number of carbonyl (C=O) groups is 1. The van der Waals surface area contributed by atoms with Crippen molar-refractivity contribution in [3.05, 3.63) is 137 Å². The van der Waals surface area contributed by atoms with E-state index in [0.717, 1.165) is 39.2 Å². The smallest absolute Gasteiger partial charge is 0.177 e. The van der Waals surface area contributed by atoms with Gasteiger partial charge in [-0.15, -0.1) is 0 Å². The van der Waals surface area contributed by atoms with Gasteiger partial charge in [-0.2, -0.15) is 0 Å². The lowest BCUT2D eigenvalue weighted by Crippen LogP contribution is -2.11. The van der Waals surface area contributed by atoms with Gasteiger partial charge in [-0.3, -0.25) is 4.79 Å². The van der Waals surface area contributed by atoms with Crippen LogP contribution in [-0.2, 0) is 4.79 Å². The van der Waals surface area contributed by atoms with E-state index in [4.69, 9.17) is 0 Å². The number of ketones is 1. The van der Waals surface area contributed by atoms with Gasteiger partial charge in [0.15, 0.2) is 5.78 Å². The number of rotatable bonds is 4. The zero-order chi connectivity index (χ0) is 21.2. The summed E-state index contributed by atoms with van der Waals surface area (Å²) in [4.78, 5) is 13.9. The molecule has 0 aliphatic heterocycles. The number of hydrogen-bond donors (Lipinski definition) is 1. The Balaban J connectivity index is 1.74. The molecule has 0 aromatic heterocycles. The lowest BCUT2D eigenvalue weighted by molar-refractivity contribution is -0.113. The largest absolute Gasteiger partial charge is 0.354 e. The van der Waals surface area contributed by atoms with Crippen LogP contribution in [0.25, 0.3) is 11.3 Å². The fraction of sp³-hybridized carbons (Fsp3) is 0.0690. The lowest BCUT2D eigenvalue weighted by Gasteiger charge is -2.16. The number of Topliss-reactive ketones (excluding diaryl/α,β-unsaturated/α-hetero) is 1. The highest BCUT2D eigenvalue weighted by Gasteiger charge is 2.38. The molecule has 0 amide bonds. The molecule has 2 nitrogen and oxygen atoms in total. The maximum absolute atomic E-state index is 13.9. The summed E-state index contributed by atoms with van der Waals surface area (Å²) < 4.78 is 0. The number of hydrogen-bond acceptors (Lipinski definition) is 2. The number of nitrogens with one attached hydrogen (secondary N) is 1. The van der Waals surface area contributed by atoms with Crippen molar-refractivity contribution in [1.29, 1.82) is 0 Å². The van der Waals surface area contributed by atoms with Crippen molar-refractivity contribution in [3.63, 3.8) is 0 Å². The number of fused-ring (bicyclic) bond motifs is 1. The van der Waals surface area contributed by atoms with Crippen LogP contribution in [0.5, 0.6) is 0 Å². The van der Waals surface area contributed by atoms with Gasteiger partial charge in [-0.1, -0.05) is 103 Å². The van der Waals surface area contributed by atoms with Crippen molar-refractivity contribution in [2.45, 2.75) is 12.8 Å². The van der Waals surface area contributed by atoms with Crippen LogP contribution in [0.4, 0.5) is 5.69 Å². The maximum atomic E-state index is 13.9. The van der Waals surface area contributed by atoms with Crippen LogP contribution in [0.2, 0.25) is 0 Å². The molecule has 0 heterocycles. The minimum Gasteiger partial charge on any atom is -0.354 e. The van der Waals surface area contributed by atoms with E-state index < -0.39 is 0 Å². The van der Waals surface area contributed by atoms with Crippen molar-refractivity contribution >= 4 is 22.7 Å². The molecule has 0 radical (unpaired) electrons. The van der Waals surface area contributed by atoms with Gasteiger partial charge in [0.25, 0.3) is 0 Å². The molecular weight excluding hydrogens is 378 g/mol. The highest BCUT2D eigenvalue weighted by molar-refractivity contribution is 6.35. The summed E-state index contributed by atoms with van der Waals surface area (Å²) >= 11 is 0. The third-order valence-electron chi connectivity index (χ3n) is 5.82. The normalized spacial score (nSPS) is 16.7. The zero-order valence-corrected chi connectivity index (χ0v) is 17.4. The Kier molecular flexibility index (Phi) is 4.97. The third-order valence-corrected chi connectivity index (χ3v) is 5.82. The van der Waals surface area contributed by atoms with Gasteiger partial charge in [-0.05, 0) is 41.3 Å². The monoisotopic (exact) mass is 401 g/mol. The van der Waals surface area contributed by atoms with Crippen LogP contribution in [0.3, 0.4) is 0 Å². The maximum Gasteiger partial charge on any atom is 0.177 e. The molecule has 0 saturated heterocycles. The van der Waals surface area contributed by atoms with Crippen molar-refractivity contribution in [3.8, 4) is 0 Å². The second-order valence-electron chi connectivity index (χ2n) is 7.90. The van der Waals surface area contributed by atoms with E-state index in [0.29, 0.717) is 0 Å². The minimum atomic E-state index is -0.287. The molecule has 31 heavy (non-hydrogen) atoms. The molecule has 0 saturated carbocycles. The number of aryl methyl sites for hydroxylation is 1. The topological polar surface area (TPSA) is 29.1 Å². The quantitative estimate of drug-likeness (QED) is 0.386. The summed E-state index contributed by atoms with van der Waals surface area (Å²) in [5.41, 5.74) is 7.83. The average Bonchev–Trinajstić information content (AvgIpc) is 3.11. The number of allylic oxidation sites excluding steroid dienone is 1. The number of para-hydroxylation sites is 1. The van der Waals surface area contributed by atoms with Crippen LogP contribution in [-0.4, -0.2) is 5.78 Å². The summed E-state index contributed by atoms with van der Waals surface area (Å²) in [5, 5.41) is 3.56. The average molecular weight is 402 g/mol. The third kappa shape index (κ3) is 3.57. The van der Waals surface area contributed by atoms with Crippen molar-refractivity contribution in [1.82, 2.24) is 0 Å². The lowest BCUT2D eigenvalue weighted by atomic mass is 9.92. The summed E-state index contributed by atoms with van der Waals surface area (Å²) in [5.74, 6) is -0.156. The molecule has 1 atom stereocenters. The molecule has 1 unspecified atom stereocenters. The van der Waals surface area contributed by atoms with Crippen LogP contribution >= 0.6 is 0 Å². The van der Waals surface area contributed by atoms with Gasteiger partial charge in [-0.25, -0.2) is 0 Å². The Morgan fingerprint density at radius 3 is 2.03 bits per heavy atom. The van der Waals surface area contributed by atoms with E-state index in [1.165, 1.54) is 5.56 Å². The van der Waals surface area contributed by atoms with Gasteiger partial charge in [0.05, 0.1) is 17.2 Å². The highest BCUT2D eigenvalue weighted by Crippen LogP contribution is 2.45. The molecular formula is C29H23NO. The van der Waals surface area contributed by atoms with Crippen LogP contribution in [0.15, 0.2) is 109 Å². The fourth-order valence-corrected chi connectivity index (χ4v) is 4.29. The summed E-state index contributed by atoms with van der Waals surface area (Å²) in [6.07, 6.45) is 0. The van der Waals surface area contributed by atoms with E-state index in [2.05, 4.69) is 48.6 Å². The number of anilines is 1. The summed E-state index contributed by atoms with van der Waals surface area (Å²) in [6.45, 7) is 2.07. The van der Waals surface area contributed by atoms with Crippen LogP contribution in [0.1, 0.15) is 33.7 Å².